The molecule has 0 unspecified atom stereocenters. The molecular weight excluding hydrogens is 402 g/mol. The molecule has 0 amide bonds. The number of benzene rings is 2. The number of nitrogens with zero attached hydrogens (tertiary/aromatic N) is 1. The fourth-order valence-corrected chi connectivity index (χ4v) is 3.86. The number of carbonyl (C=O) groups is 1. The van der Waals surface area contributed by atoms with Crippen molar-refractivity contribution in [1.29, 1.82) is 0 Å². The average molecular weight is 417 g/mol. The van der Waals surface area contributed by atoms with Crippen molar-refractivity contribution >= 4 is 16.9 Å². The minimum atomic E-state index is -0.505. The Labute approximate surface area is 174 Å². The molecule has 0 fully saturated rings. The molecule has 0 spiro atoms. The molecular formula is C23H15NO7. The summed E-state index contributed by atoms with van der Waals surface area (Å²) >= 11 is 0. The van der Waals surface area contributed by atoms with Gasteiger partial charge in [-0.2, -0.15) is 0 Å². The molecule has 1 aliphatic rings. The molecule has 1 aliphatic heterocycles. The first-order valence-corrected chi connectivity index (χ1v) is 9.39. The van der Waals surface area contributed by atoms with Crippen LogP contribution in [0.15, 0.2) is 64.1 Å². The van der Waals surface area contributed by atoms with Crippen molar-refractivity contribution in [3.63, 3.8) is 0 Å². The first-order valence-electron chi connectivity index (χ1n) is 9.39. The van der Waals surface area contributed by atoms with Crippen LogP contribution in [0.25, 0.3) is 22.3 Å². The van der Waals surface area contributed by atoms with Crippen LogP contribution in [0, 0.1) is 0 Å². The number of esters is 1. The van der Waals surface area contributed by atoms with Crippen LogP contribution in [0.4, 0.5) is 0 Å². The van der Waals surface area contributed by atoms with Gasteiger partial charge in [0.05, 0.1) is 6.42 Å². The molecule has 3 heterocycles. The van der Waals surface area contributed by atoms with E-state index >= 15 is 0 Å². The quantitative estimate of drug-likeness (QED) is 0.257. The first-order chi connectivity index (χ1) is 14.9. The highest BCUT2D eigenvalue weighted by Crippen LogP contribution is 2.46. The Hall–Kier alpha value is -4.33. The molecule has 31 heavy (non-hydrogen) atoms. The minimum Gasteiger partial charge on any atom is -0.507 e. The summed E-state index contributed by atoms with van der Waals surface area (Å²) in [6, 6.07) is 9.96. The predicted octanol–water partition coefficient (Wildman–Crippen LogP) is 3.41. The Morgan fingerprint density at radius 1 is 0.903 bits per heavy atom. The van der Waals surface area contributed by atoms with E-state index in [-0.39, 0.29) is 46.1 Å². The van der Waals surface area contributed by atoms with Crippen LogP contribution in [0.1, 0.15) is 23.5 Å². The van der Waals surface area contributed by atoms with Crippen molar-refractivity contribution in [2.75, 3.05) is 0 Å². The predicted molar refractivity (Wildman–Crippen MR) is 109 cm³/mol. The van der Waals surface area contributed by atoms with Gasteiger partial charge in [0.25, 0.3) is 0 Å². The largest absolute Gasteiger partial charge is 0.507 e. The summed E-state index contributed by atoms with van der Waals surface area (Å²) in [6.07, 6.45) is 3.21. The molecule has 0 radical (unpaired) electrons. The number of pyridine rings is 1. The zero-order chi connectivity index (χ0) is 21.7. The van der Waals surface area contributed by atoms with Crippen LogP contribution < -0.4 is 10.2 Å². The second kappa shape index (κ2) is 6.88. The van der Waals surface area contributed by atoms with E-state index in [1.807, 2.05) is 0 Å². The van der Waals surface area contributed by atoms with Gasteiger partial charge in [-0.15, -0.1) is 0 Å². The Morgan fingerprint density at radius 3 is 2.42 bits per heavy atom. The maximum atomic E-state index is 12.9. The number of carbonyl (C=O) groups excluding carboxylic acids is 1. The monoisotopic (exact) mass is 417 g/mol. The molecule has 1 atom stereocenters. The molecule has 8 nitrogen and oxygen atoms in total. The van der Waals surface area contributed by atoms with E-state index in [1.54, 1.807) is 24.5 Å². The number of hydrogen-bond acceptors (Lipinski definition) is 8. The third-order valence-corrected chi connectivity index (χ3v) is 5.29. The van der Waals surface area contributed by atoms with Crippen molar-refractivity contribution < 1.29 is 29.3 Å². The lowest BCUT2D eigenvalue weighted by Crippen LogP contribution is -2.22. The summed E-state index contributed by atoms with van der Waals surface area (Å²) in [6.45, 7) is 0. The van der Waals surface area contributed by atoms with E-state index in [0.717, 1.165) is 5.56 Å². The minimum absolute atomic E-state index is 0.0187. The highest BCUT2D eigenvalue weighted by Gasteiger charge is 2.33. The summed E-state index contributed by atoms with van der Waals surface area (Å²) in [5, 5.41) is 29.8. The number of ether oxygens (including phenoxy) is 1. The number of fused-ring (bicyclic) bond motifs is 3. The van der Waals surface area contributed by atoms with Crippen LogP contribution in [0.3, 0.4) is 0 Å². The van der Waals surface area contributed by atoms with Crippen LogP contribution in [0.5, 0.6) is 23.0 Å². The second-order valence-corrected chi connectivity index (χ2v) is 7.20. The molecule has 3 N–H and O–H groups in total. The smallest absolute Gasteiger partial charge is 0.312 e. The zero-order valence-electron chi connectivity index (χ0n) is 15.9. The van der Waals surface area contributed by atoms with Crippen LogP contribution in [0.2, 0.25) is 0 Å². The highest BCUT2D eigenvalue weighted by atomic mass is 16.5. The maximum Gasteiger partial charge on any atom is 0.312 e. The van der Waals surface area contributed by atoms with E-state index in [9.17, 15) is 24.9 Å². The number of aromatic hydroxyl groups is 3. The van der Waals surface area contributed by atoms with E-state index in [4.69, 9.17) is 9.15 Å². The standard InChI is InChI=1S/C23H15NO7/c25-14-2-1-12(7-15(14)26)18-9-16(27)22-17(28)10-19-21(23(22)31-18)13(8-20(29)30-19)11-3-5-24-6-4-11/h1-7,9-10,13,25-26,28H,8H2/t13-/m1/s1. The Bertz CT molecular complexity index is 1410. The van der Waals surface area contributed by atoms with Gasteiger partial charge < -0.3 is 24.5 Å². The van der Waals surface area contributed by atoms with Crippen molar-refractivity contribution in [3.05, 3.63) is 76.2 Å². The van der Waals surface area contributed by atoms with Gasteiger partial charge in [0.1, 0.15) is 28.2 Å². The first kappa shape index (κ1) is 18.7. The van der Waals surface area contributed by atoms with E-state index in [1.165, 1.54) is 30.3 Å². The lowest BCUT2D eigenvalue weighted by Gasteiger charge is -2.26. The van der Waals surface area contributed by atoms with Crippen LogP contribution >= 0.6 is 0 Å². The van der Waals surface area contributed by atoms with Crippen molar-refractivity contribution in [3.8, 4) is 34.3 Å². The molecule has 0 saturated carbocycles. The van der Waals surface area contributed by atoms with Gasteiger partial charge >= 0.3 is 5.97 Å². The van der Waals surface area contributed by atoms with E-state index < -0.39 is 17.3 Å². The molecule has 4 aromatic rings. The molecule has 154 valence electrons. The second-order valence-electron chi connectivity index (χ2n) is 7.20. The van der Waals surface area contributed by atoms with Gasteiger partial charge in [-0.3, -0.25) is 14.6 Å². The zero-order valence-corrected chi connectivity index (χ0v) is 15.9. The molecule has 2 aromatic carbocycles. The molecule has 5 rings (SSSR count). The van der Waals surface area contributed by atoms with Gasteiger partial charge in [0, 0.05) is 41.6 Å². The van der Waals surface area contributed by atoms with Gasteiger partial charge in [0.15, 0.2) is 16.9 Å². The van der Waals surface area contributed by atoms with Gasteiger partial charge in [-0.05, 0) is 35.9 Å². The lowest BCUT2D eigenvalue weighted by molar-refractivity contribution is -0.135. The van der Waals surface area contributed by atoms with Crippen molar-refractivity contribution in [2.24, 2.45) is 0 Å². The van der Waals surface area contributed by atoms with Gasteiger partial charge in [-0.25, -0.2) is 0 Å². The third kappa shape index (κ3) is 3.05. The molecule has 2 aromatic heterocycles. The number of rotatable bonds is 2. The Kier molecular flexibility index (Phi) is 4.14. The SMILES string of the molecule is O=C1C[C@H](c2ccncc2)c2c(cc(O)c3c(=O)cc(-c4ccc(O)c(O)c4)oc23)O1. The number of hydrogen-bond donors (Lipinski definition) is 3. The highest BCUT2D eigenvalue weighted by molar-refractivity contribution is 5.93. The lowest BCUT2D eigenvalue weighted by atomic mass is 9.85. The number of phenolic OH excluding ortho intramolecular Hbond substituents is 3. The van der Waals surface area contributed by atoms with Gasteiger partial charge in [0.2, 0.25) is 0 Å². The summed E-state index contributed by atoms with van der Waals surface area (Å²) in [4.78, 5) is 29.1. The van der Waals surface area contributed by atoms with Crippen LogP contribution in [-0.4, -0.2) is 26.3 Å². The molecule has 8 heteroatoms. The molecule has 0 aliphatic carbocycles. The fraction of sp³-hybridized carbons (Fsp3) is 0.0870. The molecule has 0 bridgehead atoms. The van der Waals surface area contributed by atoms with Crippen molar-refractivity contribution in [1.82, 2.24) is 4.98 Å². The summed E-state index contributed by atoms with van der Waals surface area (Å²) in [5.41, 5.74) is 1.16. The van der Waals surface area contributed by atoms with Crippen LogP contribution in [-0.2, 0) is 4.79 Å². The summed E-state index contributed by atoms with van der Waals surface area (Å²) in [5.74, 6) is -1.79. The number of phenols is 3. The Balaban J connectivity index is 1.83. The van der Waals surface area contributed by atoms with E-state index in [2.05, 4.69) is 4.98 Å². The average Bonchev–Trinajstić information content (AvgIpc) is 2.75. The number of aromatic nitrogens is 1. The normalized spacial score (nSPS) is 15.5. The van der Waals surface area contributed by atoms with Crippen molar-refractivity contribution in [2.45, 2.75) is 12.3 Å². The fourth-order valence-electron chi connectivity index (χ4n) is 3.86. The summed E-state index contributed by atoms with van der Waals surface area (Å²) in [7, 11) is 0. The topological polar surface area (TPSA) is 130 Å². The Morgan fingerprint density at radius 2 is 1.68 bits per heavy atom. The van der Waals surface area contributed by atoms with Gasteiger partial charge in [-0.1, -0.05) is 0 Å². The maximum absolute atomic E-state index is 12.9. The molecule has 0 saturated heterocycles. The van der Waals surface area contributed by atoms with E-state index in [0.29, 0.717) is 11.1 Å². The summed E-state index contributed by atoms with van der Waals surface area (Å²) < 4.78 is 11.4. The third-order valence-electron chi connectivity index (χ3n) is 5.29.